The smallest absolute Gasteiger partial charge is 0.124 e. The third kappa shape index (κ3) is 1.49. The molecule has 0 amide bonds. The van der Waals surface area contributed by atoms with E-state index < -0.39 is 0 Å². The molecular weight excluding hydrogens is 164 g/mol. The summed E-state index contributed by atoms with van der Waals surface area (Å²) in [6.45, 7) is 0.721. The molecule has 0 bridgehead atoms. The number of para-hydroxylation sites is 1. The van der Waals surface area contributed by atoms with E-state index in [0.717, 1.165) is 24.3 Å². The second-order valence-corrected chi connectivity index (χ2v) is 2.99. The zero-order chi connectivity index (χ0) is 9.10. The molecule has 0 radical (unpaired) electrons. The molecule has 3 nitrogen and oxygen atoms in total. The van der Waals surface area contributed by atoms with Gasteiger partial charge in [-0.2, -0.15) is 0 Å². The van der Waals surface area contributed by atoms with Crippen LogP contribution in [0.15, 0.2) is 29.3 Å². The van der Waals surface area contributed by atoms with Gasteiger partial charge >= 0.3 is 0 Å². The van der Waals surface area contributed by atoms with Crippen molar-refractivity contribution in [3.8, 4) is 5.75 Å². The lowest BCUT2D eigenvalue weighted by Gasteiger charge is -2.22. The summed E-state index contributed by atoms with van der Waals surface area (Å²) in [4.78, 5) is 4.20. The highest BCUT2D eigenvalue weighted by atomic mass is 16.5. The summed E-state index contributed by atoms with van der Waals surface area (Å²) >= 11 is 0. The van der Waals surface area contributed by atoms with Crippen LogP contribution < -0.4 is 10.5 Å². The standard InChI is InChI=1S/C10H12N2O/c11-7-12-9-5-6-13-10-4-2-1-3-8(9)10/h1-4,7,9H,5-6H2,(H2,11,12)/t9-/m0/s1. The van der Waals surface area contributed by atoms with Crippen LogP contribution >= 0.6 is 0 Å². The maximum atomic E-state index is 5.49. The van der Waals surface area contributed by atoms with Crippen molar-refractivity contribution in [2.45, 2.75) is 12.5 Å². The average molecular weight is 176 g/mol. The summed E-state index contributed by atoms with van der Waals surface area (Å²) in [5.74, 6) is 0.935. The van der Waals surface area contributed by atoms with Crippen molar-refractivity contribution in [3.05, 3.63) is 29.8 Å². The van der Waals surface area contributed by atoms with Gasteiger partial charge in [0.15, 0.2) is 0 Å². The Hall–Kier alpha value is -1.51. The van der Waals surface area contributed by atoms with Crippen LogP contribution in [0.1, 0.15) is 18.0 Å². The Bertz CT molecular complexity index is 322. The lowest BCUT2D eigenvalue weighted by molar-refractivity contribution is 0.270. The number of fused-ring (bicyclic) bond motifs is 1. The first-order chi connectivity index (χ1) is 6.42. The van der Waals surface area contributed by atoms with Crippen LogP contribution in [0.5, 0.6) is 5.75 Å². The molecule has 0 spiro atoms. The number of benzene rings is 1. The first-order valence-corrected chi connectivity index (χ1v) is 4.37. The Morgan fingerprint density at radius 1 is 1.46 bits per heavy atom. The molecule has 0 fully saturated rings. The fraction of sp³-hybridized carbons (Fsp3) is 0.300. The molecule has 1 aromatic carbocycles. The van der Waals surface area contributed by atoms with E-state index >= 15 is 0 Å². The Kier molecular flexibility index (Phi) is 2.17. The molecule has 2 rings (SSSR count). The van der Waals surface area contributed by atoms with Crippen molar-refractivity contribution in [1.29, 1.82) is 0 Å². The summed E-state index contributed by atoms with van der Waals surface area (Å²) in [7, 11) is 0. The van der Waals surface area contributed by atoms with Crippen LogP contribution in [0.25, 0.3) is 0 Å². The van der Waals surface area contributed by atoms with Crippen LogP contribution in [0.3, 0.4) is 0 Å². The second-order valence-electron chi connectivity index (χ2n) is 2.99. The van der Waals surface area contributed by atoms with Crippen LogP contribution in [-0.4, -0.2) is 12.9 Å². The molecule has 1 heterocycles. The molecule has 0 saturated heterocycles. The van der Waals surface area contributed by atoms with E-state index in [1.165, 1.54) is 6.34 Å². The van der Waals surface area contributed by atoms with Gasteiger partial charge in [0.1, 0.15) is 5.75 Å². The fourth-order valence-corrected chi connectivity index (χ4v) is 1.58. The largest absolute Gasteiger partial charge is 0.493 e. The SMILES string of the molecule is NC=N[C@H]1CCOc2ccccc21. The molecule has 1 atom stereocenters. The summed E-state index contributed by atoms with van der Waals surface area (Å²) in [5.41, 5.74) is 6.42. The van der Waals surface area contributed by atoms with E-state index in [1.54, 1.807) is 0 Å². The fourth-order valence-electron chi connectivity index (χ4n) is 1.58. The third-order valence-corrected chi connectivity index (χ3v) is 2.19. The number of hydrogen-bond acceptors (Lipinski definition) is 2. The van der Waals surface area contributed by atoms with Gasteiger partial charge in [-0.25, -0.2) is 0 Å². The van der Waals surface area contributed by atoms with E-state index in [2.05, 4.69) is 4.99 Å². The van der Waals surface area contributed by atoms with Crippen molar-refractivity contribution >= 4 is 6.34 Å². The maximum Gasteiger partial charge on any atom is 0.124 e. The molecule has 3 heteroatoms. The van der Waals surface area contributed by atoms with Crippen molar-refractivity contribution in [2.75, 3.05) is 6.61 Å². The number of rotatable bonds is 1. The number of hydrogen-bond donors (Lipinski definition) is 1. The van der Waals surface area contributed by atoms with E-state index in [1.807, 2.05) is 24.3 Å². The van der Waals surface area contributed by atoms with Crippen LogP contribution in [-0.2, 0) is 0 Å². The summed E-state index contributed by atoms with van der Waals surface area (Å²) < 4.78 is 5.49. The zero-order valence-electron chi connectivity index (χ0n) is 7.31. The van der Waals surface area contributed by atoms with Gasteiger partial charge in [0.05, 0.1) is 19.0 Å². The minimum Gasteiger partial charge on any atom is -0.493 e. The van der Waals surface area contributed by atoms with Crippen LogP contribution in [0.2, 0.25) is 0 Å². The summed E-state index contributed by atoms with van der Waals surface area (Å²) in [5, 5.41) is 0. The number of nitrogens with zero attached hydrogens (tertiary/aromatic N) is 1. The van der Waals surface area contributed by atoms with Gasteiger partial charge < -0.3 is 10.5 Å². The quantitative estimate of drug-likeness (QED) is 0.520. The molecular formula is C10H12N2O. The van der Waals surface area contributed by atoms with Gasteiger partial charge in [-0.05, 0) is 6.07 Å². The topological polar surface area (TPSA) is 47.6 Å². The molecule has 0 aromatic heterocycles. The lowest BCUT2D eigenvalue weighted by Crippen LogP contribution is -2.13. The highest BCUT2D eigenvalue weighted by Gasteiger charge is 2.18. The molecule has 0 saturated carbocycles. The van der Waals surface area contributed by atoms with E-state index in [-0.39, 0.29) is 6.04 Å². The van der Waals surface area contributed by atoms with Gasteiger partial charge in [-0.3, -0.25) is 4.99 Å². The molecule has 1 aliphatic heterocycles. The first kappa shape index (κ1) is 8.10. The van der Waals surface area contributed by atoms with Crippen LogP contribution in [0, 0.1) is 0 Å². The highest BCUT2D eigenvalue weighted by Crippen LogP contribution is 2.33. The second kappa shape index (κ2) is 3.47. The minimum absolute atomic E-state index is 0.176. The van der Waals surface area contributed by atoms with Crippen molar-refractivity contribution < 1.29 is 4.74 Å². The molecule has 0 aliphatic carbocycles. The van der Waals surface area contributed by atoms with Crippen molar-refractivity contribution in [3.63, 3.8) is 0 Å². The Morgan fingerprint density at radius 2 is 2.31 bits per heavy atom. The van der Waals surface area contributed by atoms with E-state index in [0.29, 0.717) is 0 Å². The average Bonchev–Trinajstić information content (AvgIpc) is 2.19. The third-order valence-electron chi connectivity index (χ3n) is 2.19. The van der Waals surface area contributed by atoms with Gasteiger partial charge in [-0.1, -0.05) is 18.2 Å². The summed E-state index contributed by atoms with van der Waals surface area (Å²) in [6.07, 6.45) is 2.28. The van der Waals surface area contributed by atoms with Gasteiger partial charge in [-0.15, -0.1) is 0 Å². The van der Waals surface area contributed by atoms with E-state index in [4.69, 9.17) is 10.5 Å². The monoisotopic (exact) mass is 176 g/mol. The lowest BCUT2D eigenvalue weighted by atomic mass is 10.0. The number of aliphatic imine (C=N–C) groups is 1. The molecule has 13 heavy (non-hydrogen) atoms. The molecule has 68 valence electrons. The first-order valence-electron chi connectivity index (χ1n) is 4.37. The van der Waals surface area contributed by atoms with Crippen molar-refractivity contribution in [2.24, 2.45) is 10.7 Å². The normalized spacial score (nSPS) is 21.1. The highest BCUT2D eigenvalue weighted by molar-refractivity contribution is 5.52. The zero-order valence-corrected chi connectivity index (χ0v) is 7.31. The summed E-state index contributed by atoms with van der Waals surface area (Å²) in [6, 6.07) is 8.13. The molecule has 1 aromatic rings. The maximum absolute atomic E-state index is 5.49. The molecule has 0 unspecified atom stereocenters. The van der Waals surface area contributed by atoms with Gasteiger partial charge in [0.25, 0.3) is 0 Å². The predicted octanol–water partition coefficient (Wildman–Crippen LogP) is 1.50. The number of nitrogens with two attached hydrogens (primary N) is 1. The molecule has 1 aliphatic rings. The van der Waals surface area contributed by atoms with Gasteiger partial charge in [0, 0.05) is 12.0 Å². The Morgan fingerprint density at radius 3 is 3.15 bits per heavy atom. The molecule has 2 N–H and O–H groups in total. The van der Waals surface area contributed by atoms with Crippen molar-refractivity contribution in [1.82, 2.24) is 0 Å². The minimum atomic E-state index is 0.176. The van der Waals surface area contributed by atoms with E-state index in [9.17, 15) is 0 Å². The van der Waals surface area contributed by atoms with Crippen LogP contribution in [0.4, 0.5) is 0 Å². The Labute approximate surface area is 77.2 Å². The number of ether oxygens (including phenoxy) is 1. The Balaban J connectivity index is 2.36. The predicted molar refractivity (Wildman–Crippen MR) is 52.0 cm³/mol. The van der Waals surface area contributed by atoms with Gasteiger partial charge in [0.2, 0.25) is 0 Å².